The maximum atomic E-state index is 6.93. The molecule has 72 heavy (non-hydrogen) atoms. The summed E-state index contributed by atoms with van der Waals surface area (Å²) in [6.45, 7) is 4.75. The summed E-state index contributed by atoms with van der Waals surface area (Å²) in [5.74, 6) is 0. The summed E-state index contributed by atoms with van der Waals surface area (Å²) in [6.07, 6.45) is 0. The number of rotatable bonds is 4. The maximum absolute atomic E-state index is 6.93. The van der Waals surface area contributed by atoms with Crippen molar-refractivity contribution in [2.24, 2.45) is 0 Å². The van der Waals surface area contributed by atoms with Crippen LogP contribution in [0.5, 0.6) is 0 Å². The highest BCUT2D eigenvalue weighted by Gasteiger charge is 2.53. The van der Waals surface area contributed by atoms with Gasteiger partial charge in [0.2, 0.25) is 0 Å². The average molecular weight is 916 g/mol. The lowest BCUT2D eigenvalue weighted by Crippen LogP contribution is -2.28. The van der Waals surface area contributed by atoms with Crippen LogP contribution in [0.4, 0.5) is 17.1 Å². The molecule has 2 nitrogen and oxygen atoms in total. The number of benzene rings is 12. The topological polar surface area (TPSA) is 16.4 Å². The Morgan fingerprint density at radius 3 is 1.50 bits per heavy atom. The van der Waals surface area contributed by atoms with Gasteiger partial charge in [0.1, 0.15) is 5.58 Å². The van der Waals surface area contributed by atoms with E-state index in [1.165, 1.54) is 105 Å². The van der Waals surface area contributed by atoms with Crippen molar-refractivity contribution in [1.29, 1.82) is 0 Å². The molecular formula is C70H45NO. The minimum Gasteiger partial charge on any atom is -0.454 e. The molecule has 3 aliphatic carbocycles. The summed E-state index contributed by atoms with van der Waals surface area (Å²) in [4.78, 5) is 2.47. The highest BCUT2D eigenvalue weighted by molar-refractivity contribution is 6.27. The van der Waals surface area contributed by atoms with Gasteiger partial charge in [0.05, 0.1) is 16.8 Å². The number of furan rings is 1. The fourth-order valence-electron chi connectivity index (χ4n) is 13.8. The van der Waals surface area contributed by atoms with Gasteiger partial charge in [0.15, 0.2) is 5.58 Å². The van der Waals surface area contributed by atoms with Crippen molar-refractivity contribution < 1.29 is 4.42 Å². The molecule has 0 radical (unpaired) electrons. The molecule has 16 rings (SSSR count). The highest BCUT2D eigenvalue weighted by Crippen LogP contribution is 2.65. The number of para-hydroxylation sites is 2. The first-order valence-electron chi connectivity index (χ1n) is 25.2. The van der Waals surface area contributed by atoms with Gasteiger partial charge in [-0.2, -0.15) is 0 Å². The first-order chi connectivity index (χ1) is 35.5. The quantitative estimate of drug-likeness (QED) is 0.164. The molecule has 0 N–H and O–H groups in total. The van der Waals surface area contributed by atoms with E-state index in [9.17, 15) is 0 Å². The summed E-state index contributed by atoms with van der Waals surface area (Å²) < 4.78 is 6.93. The Labute approximate surface area is 417 Å². The third-order valence-electron chi connectivity index (χ3n) is 16.9. The van der Waals surface area contributed by atoms with Crippen LogP contribution in [-0.2, 0) is 10.8 Å². The van der Waals surface area contributed by atoms with Crippen LogP contribution in [0.2, 0.25) is 0 Å². The first-order valence-corrected chi connectivity index (χ1v) is 25.2. The first kappa shape index (κ1) is 39.8. The van der Waals surface area contributed by atoms with Crippen LogP contribution in [-0.4, -0.2) is 0 Å². The summed E-state index contributed by atoms with van der Waals surface area (Å²) in [5.41, 5.74) is 22.5. The van der Waals surface area contributed by atoms with Gasteiger partial charge in [-0.15, -0.1) is 0 Å². The molecule has 0 fully saturated rings. The molecule has 3 aliphatic rings. The zero-order valence-electron chi connectivity index (χ0n) is 39.9. The Hall–Kier alpha value is -8.98. The van der Waals surface area contributed by atoms with Gasteiger partial charge in [0.25, 0.3) is 0 Å². The number of nitrogens with zero attached hydrogens (tertiary/aromatic N) is 1. The third kappa shape index (κ3) is 5.08. The minimum absolute atomic E-state index is 0.0833. The van der Waals surface area contributed by atoms with Gasteiger partial charge in [-0.1, -0.05) is 202 Å². The normalized spacial score (nSPS) is 14.2. The molecule has 0 bridgehead atoms. The van der Waals surface area contributed by atoms with Crippen LogP contribution in [0.15, 0.2) is 241 Å². The lowest BCUT2D eigenvalue weighted by Gasteiger charge is -2.35. The molecule has 0 aliphatic heterocycles. The molecule has 2 heteroatoms. The summed E-state index contributed by atoms with van der Waals surface area (Å²) in [7, 11) is 0. The predicted molar refractivity (Wildman–Crippen MR) is 300 cm³/mol. The van der Waals surface area contributed by atoms with Crippen LogP contribution in [0.3, 0.4) is 0 Å². The van der Waals surface area contributed by atoms with Crippen molar-refractivity contribution in [3.8, 4) is 44.5 Å². The van der Waals surface area contributed by atoms with Crippen LogP contribution >= 0.6 is 0 Å². The SMILES string of the molecule is CC1(C)c2ccccc2-c2cc3c4ccccc4c4cc(-c5ccc(N(c6cccc7c6C6(c8ccccc8-c8ccccc86)c6ccccc6-7)c6cccc7c6oc6ccccc67)cc5)ccc4c3cc21. The lowest BCUT2D eigenvalue weighted by atomic mass is 9.70. The van der Waals surface area contributed by atoms with E-state index in [2.05, 4.69) is 255 Å². The van der Waals surface area contributed by atoms with Crippen molar-refractivity contribution in [1.82, 2.24) is 0 Å². The summed E-state index contributed by atoms with van der Waals surface area (Å²) >= 11 is 0. The van der Waals surface area contributed by atoms with E-state index in [4.69, 9.17) is 4.42 Å². The molecule has 336 valence electrons. The van der Waals surface area contributed by atoms with E-state index in [0.29, 0.717) is 0 Å². The second kappa shape index (κ2) is 14.3. The summed E-state index contributed by atoms with van der Waals surface area (Å²) in [5, 5.41) is 9.94. The molecule has 0 amide bonds. The van der Waals surface area contributed by atoms with Crippen molar-refractivity contribution in [3.05, 3.63) is 270 Å². The molecule has 12 aromatic carbocycles. The van der Waals surface area contributed by atoms with Crippen molar-refractivity contribution in [2.45, 2.75) is 24.7 Å². The van der Waals surface area contributed by atoms with Gasteiger partial charge in [-0.3, -0.25) is 0 Å². The molecule has 1 aromatic heterocycles. The van der Waals surface area contributed by atoms with Crippen LogP contribution in [0, 0.1) is 0 Å². The second-order valence-corrected chi connectivity index (χ2v) is 20.6. The molecule has 0 saturated carbocycles. The van der Waals surface area contributed by atoms with E-state index in [1.807, 2.05) is 0 Å². The molecule has 13 aromatic rings. The fourth-order valence-corrected chi connectivity index (χ4v) is 13.8. The minimum atomic E-state index is -0.548. The zero-order chi connectivity index (χ0) is 47.5. The monoisotopic (exact) mass is 915 g/mol. The Bertz CT molecular complexity index is 4430. The van der Waals surface area contributed by atoms with Gasteiger partial charge >= 0.3 is 0 Å². The van der Waals surface area contributed by atoms with Gasteiger partial charge in [-0.05, 0) is 153 Å². The molecule has 1 spiro atoms. The van der Waals surface area contributed by atoms with Crippen LogP contribution < -0.4 is 4.90 Å². The molecule has 0 unspecified atom stereocenters. The number of hydrogen-bond donors (Lipinski definition) is 0. The molecular weight excluding hydrogens is 871 g/mol. The van der Waals surface area contributed by atoms with E-state index < -0.39 is 5.41 Å². The number of fused-ring (bicyclic) bond motifs is 22. The van der Waals surface area contributed by atoms with Crippen LogP contribution in [0.25, 0.3) is 98.8 Å². The average Bonchev–Trinajstić information content (AvgIpc) is 4.13. The largest absolute Gasteiger partial charge is 0.454 e. The second-order valence-electron chi connectivity index (χ2n) is 20.6. The Morgan fingerprint density at radius 2 is 0.806 bits per heavy atom. The number of anilines is 3. The molecule has 0 saturated heterocycles. The van der Waals surface area contributed by atoms with Gasteiger partial charge in [-0.25, -0.2) is 0 Å². The molecule has 1 heterocycles. The van der Waals surface area contributed by atoms with Gasteiger partial charge in [0, 0.05) is 27.4 Å². The molecule has 0 atom stereocenters. The highest BCUT2D eigenvalue weighted by atomic mass is 16.3. The standard InChI is InChI=1S/C70H45NO/c1-69(2)59-26-10-5-22-51(59)58-40-56-46-18-4-3-17-45(46)55-39-43(35-38-47(55)57(56)41-63(58)69)42-33-36-44(37-34-42)71(65-31-16-25-54-52-23-9-14-32-66(52)72-68(54)65)64-30-15-24-53-50-21-8-13-29-62(50)70(67(53)64)60-27-11-6-19-48(60)49-20-7-12-28-61(49)70/h3-41H,1-2H3. The predicted octanol–water partition coefficient (Wildman–Crippen LogP) is 18.8. The van der Waals surface area contributed by atoms with Crippen LogP contribution in [0.1, 0.15) is 47.2 Å². The van der Waals surface area contributed by atoms with Gasteiger partial charge < -0.3 is 9.32 Å². The van der Waals surface area contributed by atoms with Crippen molar-refractivity contribution in [3.63, 3.8) is 0 Å². The fraction of sp³-hybridized carbons (Fsp3) is 0.0571. The van der Waals surface area contributed by atoms with E-state index in [1.54, 1.807) is 0 Å². The van der Waals surface area contributed by atoms with Crippen molar-refractivity contribution in [2.75, 3.05) is 4.90 Å². The summed E-state index contributed by atoms with van der Waals surface area (Å²) in [6, 6.07) is 88.4. The van der Waals surface area contributed by atoms with E-state index >= 15 is 0 Å². The Morgan fingerprint density at radius 1 is 0.319 bits per heavy atom. The van der Waals surface area contributed by atoms with Crippen molar-refractivity contribution >= 4 is 71.3 Å². The third-order valence-corrected chi connectivity index (χ3v) is 16.9. The smallest absolute Gasteiger partial charge is 0.159 e. The van der Waals surface area contributed by atoms with E-state index in [-0.39, 0.29) is 5.41 Å². The number of hydrogen-bond acceptors (Lipinski definition) is 2. The lowest BCUT2D eigenvalue weighted by molar-refractivity contribution is 0.661. The van der Waals surface area contributed by atoms with E-state index in [0.717, 1.165) is 44.6 Å². The Balaban J connectivity index is 0.910. The Kier molecular flexibility index (Phi) is 7.92. The maximum Gasteiger partial charge on any atom is 0.159 e. The zero-order valence-corrected chi connectivity index (χ0v) is 39.9.